The molecule has 176 valence electrons. The van der Waals surface area contributed by atoms with Gasteiger partial charge >= 0.3 is 11.9 Å². The van der Waals surface area contributed by atoms with Crippen molar-refractivity contribution in [3.63, 3.8) is 0 Å². The Labute approximate surface area is 197 Å². The molecule has 1 aromatic heterocycles. The van der Waals surface area contributed by atoms with Crippen LogP contribution in [-0.4, -0.2) is 51.0 Å². The molecule has 0 saturated carbocycles. The maximum Gasteiger partial charge on any atom is 0.326 e. The lowest BCUT2D eigenvalue weighted by atomic mass is 10.00. The first-order chi connectivity index (χ1) is 16.1. The molecule has 0 fully saturated rings. The molecule has 10 nitrogen and oxygen atoms in total. The Kier molecular flexibility index (Phi) is 7.64. The summed E-state index contributed by atoms with van der Waals surface area (Å²) in [7, 11) is 0. The zero-order chi connectivity index (χ0) is 24.8. The quantitative estimate of drug-likeness (QED) is 0.306. The fourth-order valence-corrected chi connectivity index (χ4v) is 3.49. The molecule has 0 spiro atoms. The van der Waals surface area contributed by atoms with Crippen LogP contribution < -0.4 is 16.2 Å². The van der Waals surface area contributed by atoms with E-state index in [0.717, 1.165) is 0 Å². The lowest BCUT2D eigenvalue weighted by Crippen LogP contribution is -2.53. The van der Waals surface area contributed by atoms with Gasteiger partial charge in [-0.25, -0.2) is 4.79 Å². The summed E-state index contributed by atoms with van der Waals surface area (Å²) in [4.78, 5) is 63.0. The van der Waals surface area contributed by atoms with Crippen LogP contribution in [0.1, 0.15) is 22.3 Å². The Balaban J connectivity index is 1.94. The molecule has 0 aliphatic rings. The number of benzene rings is 2. The Morgan fingerprint density at radius 3 is 2.26 bits per heavy atom. The molecule has 2 aromatic carbocycles. The van der Waals surface area contributed by atoms with E-state index in [9.17, 15) is 29.1 Å². The van der Waals surface area contributed by atoms with Crippen molar-refractivity contribution in [2.24, 2.45) is 0 Å². The molecule has 11 heteroatoms. The first-order valence-corrected chi connectivity index (χ1v) is 10.4. The number of para-hydroxylation sites is 1. The van der Waals surface area contributed by atoms with Gasteiger partial charge in [-0.15, -0.1) is 0 Å². The number of halogens is 1. The second kappa shape index (κ2) is 10.6. The number of aliphatic carboxylic acids is 2. The zero-order valence-corrected chi connectivity index (χ0v) is 18.3. The largest absolute Gasteiger partial charge is 0.481 e. The molecule has 1 heterocycles. The maximum absolute atomic E-state index is 13.0. The van der Waals surface area contributed by atoms with E-state index < -0.39 is 47.8 Å². The molecule has 3 rings (SSSR count). The molecule has 0 saturated heterocycles. The molecular weight excluding hydrogens is 466 g/mol. The minimum absolute atomic E-state index is 0.158. The van der Waals surface area contributed by atoms with E-state index in [0.29, 0.717) is 21.5 Å². The van der Waals surface area contributed by atoms with Crippen molar-refractivity contribution in [2.45, 2.75) is 24.9 Å². The van der Waals surface area contributed by atoms with Gasteiger partial charge in [0, 0.05) is 34.0 Å². The first-order valence-electron chi connectivity index (χ1n) is 10.1. The first kappa shape index (κ1) is 24.5. The number of hydrogen-bond donors (Lipinski definition) is 5. The molecule has 0 radical (unpaired) electrons. The van der Waals surface area contributed by atoms with Crippen LogP contribution in [-0.2, 0) is 20.8 Å². The van der Waals surface area contributed by atoms with Gasteiger partial charge in [0.2, 0.25) is 11.5 Å². The Morgan fingerprint density at radius 1 is 0.941 bits per heavy atom. The SMILES string of the molecule is O=C(O)CC(NC(=O)C(Cc1cc(=O)[nH]c2ccccc12)NC(=O)c1ccc(Cl)cc1)C(=O)O. The van der Waals surface area contributed by atoms with Crippen molar-refractivity contribution in [2.75, 3.05) is 0 Å². The van der Waals surface area contributed by atoms with Crippen LogP contribution in [0.25, 0.3) is 10.9 Å². The molecule has 0 aliphatic carbocycles. The third-order valence-corrected chi connectivity index (χ3v) is 5.23. The van der Waals surface area contributed by atoms with E-state index in [1.54, 1.807) is 24.3 Å². The standard InChI is InChI=1S/C23H20ClN3O7/c24-14-7-5-12(6-8-14)21(31)26-17(22(32)27-18(23(33)34)11-20(29)30)9-13-10-19(28)25-16-4-2-1-3-15(13)16/h1-8,10,17-18H,9,11H2,(H,25,28)(H,26,31)(H,27,32)(H,29,30)(H,33,34). The molecule has 0 bridgehead atoms. The van der Waals surface area contributed by atoms with Gasteiger partial charge < -0.3 is 25.8 Å². The highest BCUT2D eigenvalue weighted by Gasteiger charge is 2.29. The van der Waals surface area contributed by atoms with Gasteiger partial charge in [0.1, 0.15) is 12.1 Å². The topological polar surface area (TPSA) is 166 Å². The Hall–Kier alpha value is -4.18. The number of carbonyl (C=O) groups is 4. The van der Waals surface area contributed by atoms with Crippen LogP contribution in [0.3, 0.4) is 0 Å². The second-order valence-electron chi connectivity index (χ2n) is 7.44. The Morgan fingerprint density at radius 2 is 1.62 bits per heavy atom. The second-order valence-corrected chi connectivity index (χ2v) is 7.88. The summed E-state index contributed by atoms with van der Waals surface area (Å²) >= 11 is 5.85. The number of carbonyl (C=O) groups excluding carboxylic acids is 2. The fourth-order valence-electron chi connectivity index (χ4n) is 3.36. The summed E-state index contributed by atoms with van der Waals surface area (Å²) in [5.74, 6) is -4.52. The van der Waals surface area contributed by atoms with Gasteiger partial charge in [-0.05, 0) is 35.9 Å². The normalized spacial score (nSPS) is 12.5. The van der Waals surface area contributed by atoms with Crippen LogP contribution in [0.5, 0.6) is 0 Å². The third kappa shape index (κ3) is 6.20. The van der Waals surface area contributed by atoms with Gasteiger partial charge in [0.15, 0.2) is 0 Å². The van der Waals surface area contributed by atoms with Crippen molar-refractivity contribution in [3.8, 4) is 0 Å². The number of H-pyrrole nitrogens is 1. The number of nitrogens with one attached hydrogen (secondary N) is 3. The third-order valence-electron chi connectivity index (χ3n) is 4.98. The highest BCUT2D eigenvalue weighted by Crippen LogP contribution is 2.17. The smallest absolute Gasteiger partial charge is 0.326 e. The summed E-state index contributed by atoms with van der Waals surface area (Å²) in [6.45, 7) is 0. The minimum Gasteiger partial charge on any atom is -0.481 e. The number of aromatic nitrogens is 1. The number of fused-ring (bicyclic) bond motifs is 1. The average molecular weight is 486 g/mol. The summed E-state index contributed by atoms with van der Waals surface area (Å²) in [6, 6.07) is 11.0. The summed E-state index contributed by atoms with van der Waals surface area (Å²) in [5, 5.41) is 24.0. The summed E-state index contributed by atoms with van der Waals surface area (Å²) in [5.41, 5.74) is 0.716. The maximum atomic E-state index is 13.0. The number of amides is 2. The van der Waals surface area contributed by atoms with Crippen LogP contribution in [0.2, 0.25) is 5.02 Å². The van der Waals surface area contributed by atoms with Crippen LogP contribution in [0.4, 0.5) is 0 Å². The summed E-state index contributed by atoms with van der Waals surface area (Å²) < 4.78 is 0. The van der Waals surface area contributed by atoms with Crippen LogP contribution in [0, 0.1) is 0 Å². The van der Waals surface area contributed by atoms with Crippen molar-refractivity contribution < 1.29 is 29.4 Å². The van der Waals surface area contributed by atoms with E-state index in [1.807, 2.05) is 0 Å². The van der Waals surface area contributed by atoms with Crippen molar-refractivity contribution in [3.05, 3.63) is 81.1 Å². The van der Waals surface area contributed by atoms with E-state index in [2.05, 4.69) is 15.6 Å². The van der Waals surface area contributed by atoms with E-state index >= 15 is 0 Å². The minimum atomic E-state index is -1.71. The fraction of sp³-hybridized carbons (Fsp3) is 0.174. The molecule has 2 amide bonds. The number of rotatable bonds is 9. The highest BCUT2D eigenvalue weighted by molar-refractivity contribution is 6.30. The molecule has 3 aromatic rings. The lowest BCUT2D eigenvalue weighted by molar-refractivity contribution is -0.147. The van der Waals surface area contributed by atoms with Gasteiger partial charge in [-0.2, -0.15) is 0 Å². The van der Waals surface area contributed by atoms with Crippen molar-refractivity contribution >= 4 is 46.3 Å². The number of pyridine rings is 1. The lowest BCUT2D eigenvalue weighted by Gasteiger charge is -2.21. The predicted molar refractivity (Wildman–Crippen MR) is 123 cm³/mol. The number of aromatic amines is 1. The molecule has 5 N–H and O–H groups in total. The predicted octanol–water partition coefficient (Wildman–Crippen LogP) is 1.57. The highest BCUT2D eigenvalue weighted by atomic mass is 35.5. The molecule has 34 heavy (non-hydrogen) atoms. The van der Waals surface area contributed by atoms with E-state index in [-0.39, 0.29) is 12.0 Å². The molecule has 2 atom stereocenters. The number of carboxylic acid groups (broad SMARTS) is 2. The van der Waals surface area contributed by atoms with Crippen molar-refractivity contribution in [1.29, 1.82) is 0 Å². The molecular formula is C23H20ClN3O7. The van der Waals surface area contributed by atoms with Crippen LogP contribution >= 0.6 is 11.6 Å². The Bertz CT molecular complexity index is 1300. The van der Waals surface area contributed by atoms with Crippen molar-refractivity contribution in [1.82, 2.24) is 15.6 Å². The van der Waals surface area contributed by atoms with Gasteiger partial charge in [0.05, 0.1) is 6.42 Å². The van der Waals surface area contributed by atoms with Crippen LogP contribution in [0.15, 0.2) is 59.4 Å². The number of carboxylic acids is 2. The zero-order valence-electron chi connectivity index (χ0n) is 17.6. The van der Waals surface area contributed by atoms with Gasteiger partial charge in [0.25, 0.3) is 5.91 Å². The van der Waals surface area contributed by atoms with E-state index in [1.165, 1.54) is 30.3 Å². The van der Waals surface area contributed by atoms with Gasteiger partial charge in [-0.1, -0.05) is 29.8 Å². The van der Waals surface area contributed by atoms with Gasteiger partial charge in [-0.3, -0.25) is 19.2 Å². The molecule has 2 unspecified atom stereocenters. The average Bonchev–Trinajstić information content (AvgIpc) is 2.78. The van der Waals surface area contributed by atoms with E-state index in [4.69, 9.17) is 16.7 Å². The summed E-state index contributed by atoms with van der Waals surface area (Å²) in [6.07, 6.45) is -1.01. The number of hydrogen-bond acceptors (Lipinski definition) is 5. The monoisotopic (exact) mass is 485 g/mol. The molecule has 0 aliphatic heterocycles.